The first-order chi connectivity index (χ1) is 12.4. The summed E-state index contributed by atoms with van der Waals surface area (Å²) in [5.74, 6) is 0.292. The van der Waals surface area contributed by atoms with Crippen LogP contribution in [-0.4, -0.2) is 26.4 Å². The monoisotopic (exact) mass is 370 g/mol. The fourth-order valence-corrected chi connectivity index (χ4v) is 3.36. The highest BCUT2D eigenvalue weighted by Gasteiger charge is 2.15. The summed E-state index contributed by atoms with van der Waals surface area (Å²) in [6, 6.07) is 12.0. The Hall–Kier alpha value is -2.67. The lowest BCUT2D eigenvalue weighted by Crippen LogP contribution is -2.14. The molecule has 0 aliphatic carbocycles. The van der Waals surface area contributed by atoms with Crippen molar-refractivity contribution >= 4 is 23.4 Å². The molecule has 3 rings (SSSR count). The normalized spacial score (nSPS) is 10.8. The van der Waals surface area contributed by atoms with Crippen LogP contribution < -0.4 is 5.32 Å². The molecule has 7 heteroatoms. The summed E-state index contributed by atoms with van der Waals surface area (Å²) in [5.41, 5.74) is 3.67. The molecule has 1 heterocycles. The Labute approximate surface area is 155 Å². The molecule has 3 aromatic rings. The lowest BCUT2D eigenvalue weighted by Gasteiger charge is -2.12. The number of carbonyl (C=O) groups excluding carboxylic acids is 1. The minimum atomic E-state index is -0.388. The van der Waals surface area contributed by atoms with Crippen molar-refractivity contribution in [2.45, 2.75) is 25.9 Å². The maximum atomic E-state index is 13.2. The molecule has 0 bridgehead atoms. The van der Waals surface area contributed by atoms with Gasteiger partial charge in [-0.05, 0) is 56.2 Å². The summed E-state index contributed by atoms with van der Waals surface area (Å²) in [5, 5.41) is 11.7. The van der Waals surface area contributed by atoms with Gasteiger partial charge in [0.05, 0.1) is 11.4 Å². The summed E-state index contributed by atoms with van der Waals surface area (Å²) in [4.78, 5) is 12.2. The second-order valence-corrected chi connectivity index (χ2v) is 6.94. The van der Waals surface area contributed by atoms with Gasteiger partial charge in [-0.2, -0.15) is 0 Å². The van der Waals surface area contributed by atoms with E-state index in [9.17, 15) is 9.18 Å². The molecular formula is C19H19FN4OS. The molecule has 1 amide bonds. The molecule has 0 atom stereocenters. The third-order valence-electron chi connectivity index (χ3n) is 3.84. The van der Waals surface area contributed by atoms with E-state index in [-0.39, 0.29) is 17.5 Å². The molecule has 1 aromatic heterocycles. The van der Waals surface area contributed by atoms with E-state index in [4.69, 9.17) is 0 Å². The van der Waals surface area contributed by atoms with Gasteiger partial charge in [0.15, 0.2) is 5.16 Å². The molecule has 0 aliphatic heterocycles. The molecule has 134 valence electrons. The van der Waals surface area contributed by atoms with Gasteiger partial charge in [0.1, 0.15) is 11.6 Å². The van der Waals surface area contributed by atoms with Gasteiger partial charge in [-0.1, -0.05) is 30.0 Å². The lowest BCUT2D eigenvalue weighted by atomic mass is 10.1. The van der Waals surface area contributed by atoms with Crippen molar-refractivity contribution in [1.82, 2.24) is 14.8 Å². The number of nitrogens with zero attached hydrogens (tertiary/aromatic N) is 3. The minimum absolute atomic E-state index is 0.152. The first-order valence-electron chi connectivity index (χ1n) is 8.12. The molecule has 0 saturated heterocycles. The highest BCUT2D eigenvalue weighted by atomic mass is 32.2. The van der Waals surface area contributed by atoms with Crippen LogP contribution in [0.25, 0.3) is 5.69 Å². The number of aryl methyl sites for hydroxylation is 3. The van der Waals surface area contributed by atoms with Gasteiger partial charge in [-0.3, -0.25) is 9.36 Å². The largest absolute Gasteiger partial charge is 0.325 e. The Balaban J connectivity index is 1.75. The highest BCUT2D eigenvalue weighted by molar-refractivity contribution is 7.99. The van der Waals surface area contributed by atoms with E-state index in [1.165, 1.54) is 23.9 Å². The van der Waals surface area contributed by atoms with Crippen LogP contribution in [0.3, 0.4) is 0 Å². The first-order valence-corrected chi connectivity index (χ1v) is 9.10. The number of hydrogen-bond donors (Lipinski definition) is 1. The number of benzene rings is 2. The molecule has 2 aromatic carbocycles. The van der Waals surface area contributed by atoms with E-state index < -0.39 is 0 Å². The van der Waals surface area contributed by atoms with Gasteiger partial charge in [0.2, 0.25) is 5.91 Å². The Morgan fingerprint density at radius 1 is 1.15 bits per heavy atom. The van der Waals surface area contributed by atoms with Crippen molar-refractivity contribution in [2.24, 2.45) is 0 Å². The molecule has 0 fully saturated rings. The molecular weight excluding hydrogens is 351 g/mol. The summed E-state index contributed by atoms with van der Waals surface area (Å²) in [6.45, 7) is 5.94. The number of nitrogens with one attached hydrogen (secondary N) is 1. The van der Waals surface area contributed by atoms with E-state index in [0.29, 0.717) is 10.8 Å². The molecule has 0 aliphatic rings. The number of hydrogen-bond acceptors (Lipinski definition) is 4. The van der Waals surface area contributed by atoms with Crippen molar-refractivity contribution in [3.63, 3.8) is 0 Å². The second kappa shape index (κ2) is 7.70. The van der Waals surface area contributed by atoms with E-state index in [0.717, 1.165) is 22.6 Å². The van der Waals surface area contributed by atoms with Crippen LogP contribution in [0.15, 0.2) is 47.6 Å². The van der Waals surface area contributed by atoms with Gasteiger partial charge >= 0.3 is 0 Å². The standard InChI is InChI=1S/C19H19FN4OS/c1-12-7-8-13(2)17(9-12)24-14(3)22-23-19(24)26-11-18(25)21-16-6-4-5-15(20)10-16/h4-10H,11H2,1-3H3,(H,21,25). The zero-order chi connectivity index (χ0) is 18.7. The number of rotatable bonds is 5. The molecule has 0 radical (unpaired) electrons. The molecule has 5 nitrogen and oxygen atoms in total. The van der Waals surface area contributed by atoms with Gasteiger partial charge in [0, 0.05) is 5.69 Å². The predicted octanol–water partition coefficient (Wildman–Crippen LogP) is 4.06. The fraction of sp³-hybridized carbons (Fsp3) is 0.211. The topological polar surface area (TPSA) is 59.8 Å². The van der Waals surface area contributed by atoms with Gasteiger partial charge in [-0.15, -0.1) is 10.2 Å². The van der Waals surface area contributed by atoms with Crippen molar-refractivity contribution in [1.29, 1.82) is 0 Å². The van der Waals surface area contributed by atoms with Crippen LogP contribution in [-0.2, 0) is 4.79 Å². The van der Waals surface area contributed by atoms with E-state index in [2.05, 4.69) is 33.7 Å². The van der Waals surface area contributed by atoms with Crippen LogP contribution in [0.5, 0.6) is 0 Å². The molecule has 0 unspecified atom stereocenters. The summed E-state index contributed by atoms with van der Waals surface area (Å²) >= 11 is 1.29. The number of aromatic nitrogens is 3. The zero-order valence-electron chi connectivity index (χ0n) is 14.8. The maximum Gasteiger partial charge on any atom is 0.234 e. The van der Waals surface area contributed by atoms with Gasteiger partial charge < -0.3 is 5.32 Å². The summed E-state index contributed by atoms with van der Waals surface area (Å²) in [7, 11) is 0. The number of carbonyl (C=O) groups is 1. The average molecular weight is 370 g/mol. The lowest BCUT2D eigenvalue weighted by molar-refractivity contribution is -0.113. The minimum Gasteiger partial charge on any atom is -0.325 e. The van der Waals surface area contributed by atoms with Crippen molar-refractivity contribution in [3.05, 3.63) is 65.2 Å². The first kappa shape index (κ1) is 18.1. The Kier molecular flexibility index (Phi) is 5.37. The van der Waals surface area contributed by atoms with Gasteiger partial charge in [-0.25, -0.2) is 4.39 Å². The number of thioether (sulfide) groups is 1. The molecule has 26 heavy (non-hydrogen) atoms. The predicted molar refractivity (Wildman–Crippen MR) is 101 cm³/mol. The van der Waals surface area contributed by atoms with Crippen molar-refractivity contribution in [2.75, 3.05) is 11.1 Å². The highest BCUT2D eigenvalue weighted by Crippen LogP contribution is 2.25. The van der Waals surface area contributed by atoms with Gasteiger partial charge in [0.25, 0.3) is 0 Å². The third-order valence-corrected chi connectivity index (χ3v) is 4.77. The number of halogens is 1. The summed E-state index contributed by atoms with van der Waals surface area (Å²) < 4.78 is 15.2. The molecule has 0 spiro atoms. The molecule has 1 N–H and O–H groups in total. The number of amides is 1. The summed E-state index contributed by atoms with van der Waals surface area (Å²) in [6.07, 6.45) is 0. The van der Waals surface area contributed by atoms with Crippen LogP contribution in [0, 0.1) is 26.6 Å². The smallest absolute Gasteiger partial charge is 0.234 e. The van der Waals surface area contributed by atoms with Crippen molar-refractivity contribution in [3.8, 4) is 5.69 Å². The number of anilines is 1. The molecule has 0 saturated carbocycles. The fourth-order valence-electron chi connectivity index (χ4n) is 2.57. The Morgan fingerprint density at radius 3 is 2.73 bits per heavy atom. The Morgan fingerprint density at radius 2 is 1.96 bits per heavy atom. The van der Waals surface area contributed by atoms with E-state index in [1.807, 2.05) is 25.3 Å². The van der Waals surface area contributed by atoms with Crippen LogP contribution in [0.1, 0.15) is 17.0 Å². The van der Waals surface area contributed by atoms with Crippen molar-refractivity contribution < 1.29 is 9.18 Å². The maximum absolute atomic E-state index is 13.2. The van der Waals surface area contributed by atoms with Crippen LogP contribution in [0.4, 0.5) is 10.1 Å². The SMILES string of the molecule is Cc1ccc(C)c(-n2c(C)nnc2SCC(=O)Nc2cccc(F)c2)c1. The second-order valence-electron chi connectivity index (χ2n) is 6.00. The average Bonchev–Trinajstić information content (AvgIpc) is 2.96. The van der Waals surface area contributed by atoms with Crippen LogP contribution in [0.2, 0.25) is 0 Å². The van der Waals surface area contributed by atoms with E-state index in [1.54, 1.807) is 12.1 Å². The zero-order valence-corrected chi connectivity index (χ0v) is 15.6. The third kappa shape index (κ3) is 4.11. The van der Waals surface area contributed by atoms with Crippen LogP contribution >= 0.6 is 11.8 Å². The van der Waals surface area contributed by atoms with E-state index >= 15 is 0 Å². The Bertz CT molecular complexity index is 954. The quantitative estimate of drug-likeness (QED) is 0.688.